The van der Waals surface area contributed by atoms with Crippen molar-refractivity contribution in [1.82, 2.24) is 20.0 Å². The first kappa shape index (κ1) is 21.5. The molecule has 152 valence electrons. The van der Waals surface area contributed by atoms with Crippen molar-refractivity contribution in [2.24, 2.45) is 0 Å². The zero-order valence-corrected chi connectivity index (χ0v) is 19.0. The van der Waals surface area contributed by atoms with Crippen LogP contribution >= 0.6 is 35.0 Å². The fourth-order valence-electron chi connectivity index (χ4n) is 3.55. The summed E-state index contributed by atoms with van der Waals surface area (Å²) in [5.41, 5.74) is 3.48. The van der Waals surface area contributed by atoms with Gasteiger partial charge >= 0.3 is 0 Å². The third-order valence-electron chi connectivity index (χ3n) is 5.56. The van der Waals surface area contributed by atoms with E-state index in [1.165, 1.54) is 0 Å². The van der Waals surface area contributed by atoms with Gasteiger partial charge in [0.15, 0.2) is 0 Å². The molecule has 1 saturated heterocycles. The van der Waals surface area contributed by atoms with Crippen molar-refractivity contribution in [3.63, 3.8) is 0 Å². The quantitative estimate of drug-likeness (QED) is 0.739. The van der Waals surface area contributed by atoms with Crippen LogP contribution in [0.2, 0.25) is 10.0 Å². The molecule has 1 atom stereocenters. The Labute approximate surface area is 180 Å². The molecule has 0 spiro atoms. The van der Waals surface area contributed by atoms with Crippen LogP contribution in [0.15, 0.2) is 18.2 Å². The number of benzene rings is 1. The summed E-state index contributed by atoms with van der Waals surface area (Å²) < 4.78 is 1.78. The fraction of sp³-hybridized carbons (Fsp3) is 0.500. The lowest BCUT2D eigenvalue weighted by atomic mass is 9.97. The normalized spacial score (nSPS) is 19.4. The highest BCUT2D eigenvalue weighted by atomic mass is 35.5. The Morgan fingerprint density at radius 2 is 2.11 bits per heavy atom. The molecule has 0 radical (unpaired) electrons. The molecule has 2 heterocycles. The van der Waals surface area contributed by atoms with Crippen LogP contribution in [0.5, 0.6) is 0 Å². The van der Waals surface area contributed by atoms with Crippen molar-refractivity contribution >= 4 is 40.9 Å². The predicted molar refractivity (Wildman–Crippen MR) is 118 cm³/mol. The van der Waals surface area contributed by atoms with Gasteiger partial charge in [-0.05, 0) is 58.3 Å². The summed E-state index contributed by atoms with van der Waals surface area (Å²) in [5, 5.41) is 8.85. The number of halogens is 2. The van der Waals surface area contributed by atoms with Gasteiger partial charge in [0.05, 0.1) is 22.8 Å². The molecule has 1 aliphatic heterocycles. The largest absolute Gasteiger partial charge is 0.354 e. The summed E-state index contributed by atoms with van der Waals surface area (Å²) in [6.07, 6.45) is 1.40. The molecule has 1 amide bonds. The monoisotopic (exact) mass is 440 g/mol. The van der Waals surface area contributed by atoms with Crippen LogP contribution in [0.4, 0.5) is 0 Å². The van der Waals surface area contributed by atoms with Crippen LogP contribution in [-0.2, 0) is 11.2 Å². The van der Waals surface area contributed by atoms with E-state index in [1.54, 1.807) is 16.8 Å². The Morgan fingerprint density at radius 1 is 1.36 bits per heavy atom. The summed E-state index contributed by atoms with van der Waals surface area (Å²) >= 11 is 14.3. The van der Waals surface area contributed by atoms with Crippen LogP contribution in [-0.4, -0.2) is 58.3 Å². The van der Waals surface area contributed by atoms with E-state index >= 15 is 0 Å². The minimum absolute atomic E-state index is 0.0195. The first-order chi connectivity index (χ1) is 13.2. The number of nitrogens with zero attached hydrogens (tertiary/aromatic N) is 3. The number of nitrogens with one attached hydrogen (secondary N) is 1. The van der Waals surface area contributed by atoms with Crippen LogP contribution in [0.1, 0.15) is 23.4 Å². The summed E-state index contributed by atoms with van der Waals surface area (Å²) in [7, 11) is 4.18. The van der Waals surface area contributed by atoms with Gasteiger partial charge in [-0.25, -0.2) is 4.68 Å². The summed E-state index contributed by atoms with van der Waals surface area (Å²) in [5.74, 6) is 2.21. The van der Waals surface area contributed by atoms with E-state index in [0.717, 1.165) is 40.6 Å². The van der Waals surface area contributed by atoms with Crippen LogP contribution in [0, 0.1) is 13.8 Å². The molecular weight excluding hydrogens is 415 g/mol. The molecule has 5 nitrogen and oxygen atoms in total. The van der Waals surface area contributed by atoms with Crippen LogP contribution in [0.3, 0.4) is 0 Å². The summed E-state index contributed by atoms with van der Waals surface area (Å²) in [4.78, 5) is 14.9. The van der Waals surface area contributed by atoms with E-state index in [0.29, 0.717) is 23.0 Å². The Morgan fingerprint density at radius 3 is 2.71 bits per heavy atom. The van der Waals surface area contributed by atoms with Gasteiger partial charge in [-0.3, -0.25) is 4.79 Å². The van der Waals surface area contributed by atoms with Gasteiger partial charge in [0.1, 0.15) is 0 Å². The van der Waals surface area contributed by atoms with Gasteiger partial charge in [0, 0.05) is 34.1 Å². The molecule has 0 bridgehead atoms. The number of hydrogen-bond donors (Lipinski definition) is 1. The number of carbonyl (C=O) groups excluding carboxylic acids is 1. The third kappa shape index (κ3) is 4.35. The van der Waals surface area contributed by atoms with Gasteiger partial charge in [-0.2, -0.15) is 16.9 Å². The second-order valence-electron chi connectivity index (χ2n) is 7.53. The second-order valence-corrected chi connectivity index (χ2v) is 9.48. The number of amides is 1. The molecule has 2 aromatic rings. The Hall–Kier alpha value is -1.21. The maximum absolute atomic E-state index is 12.7. The Kier molecular flexibility index (Phi) is 6.65. The van der Waals surface area contributed by atoms with E-state index in [2.05, 4.69) is 29.4 Å². The van der Waals surface area contributed by atoms with Gasteiger partial charge in [0.2, 0.25) is 5.91 Å². The average molecular weight is 441 g/mol. The number of hydrogen-bond acceptors (Lipinski definition) is 4. The lowest BCUT2D eigenvalue weighted by Gasteiger charge is -2.35. The number of aryl methyl sites for hydroxylation is 1. The molecule has 0 aliphatic carbocycles. The molecule has 1 aliphatic rings. The first-order valence-electron chi connectivity index (χ1n) is 9.26. The minimum Gasteiger partial charge on any atom is -0.354 e. The van der Waals surface area contributed by atoms with Gasteiger partial charge < -0.3 is 10.2 Å². The highest BCUT2D eigenvalue weighted by molar-refractivity contribution is 7.99. The van der Waals surface area contributed by atoms with Crippen molar-refractivity contribution < 1.29 is 4.79 Å². The van der Waals surface area contributed by atoms with Crippen molar-refractivity contribution in [3.8, 4) is 5.69 Å². The van der Waals surface area contributed by atoms with Gasteiger partial charge in [-0.15, -0.1) is 0 Å². The molecular formula is C20H26Cl2N4OS. The summed E-state index contributed by atoms with van der Waals surface area (Å²) in [6, 6.07) is 5.32. The zero-order chi connectivity index (χ0) is 20.5. The highest BCUT2D eigenvalue weighted by Gasteiger charge is 2.36. The summed E-state index contributed by atoms with van der Waals surface area (Å²) in [6.45, 7) is 4.55. The minimum atomic E-state index is 0.0195. The SMILES string of the molecule is Cc1nn(-c2ccc(Cl)cc2Cl)c(C)c1CC(=O)NC[C@]1(N(C)C)CCSC1. The van der Waals surface area contributed by atoms with E-state index in [4.69, 9.17) is 23.2 Å². The zero-order valence-electron chi connectivity index (χ0n) is 16.7. The lowest BCUT2D eigenvalue weighted by Crippen LogP contribution is -2.53. The molecule has 0 saturated carbocycles. The predicted octanol–water partition coefficient (Wildman–Crippen LogP) is 3.89. The van der Waals surface area contributed by atoms with E-state index in [-0.39, 0.29) is 11.4 Å². The van der Waals surface area contributed by atoms with E-state index in [1.807, 2.05) is 31.7 Å². The fourth-order valence-corrected chi connectivity index (χ4v) is 5.59. The lowest BCUT2D eigenvalue weighted by molar-refractivity contribution is -0.121. The molecule has 3 rings (SSSR count). The number of carbonyl (C=O) groups is 1. The first-order valence-corrected chi connectivity index (χ1v) is 11.2. The van der Waals surface area contributed by atoms with Crippen molar-refractivity contribution in [2.75, 3.05) is 32.1 Å². The molecule has 1 aromatic heterocycles. The van der Waals surface area contributed by atoms with Crippen LogP contribution in [0.25, 0.3) is 5.69 Å². The third-order valence-corrected chi connectivity index (χ3v) is 7.33. The van der Waals surface area contributed by atoms with Crippen molar-refractivity contribution in [3.05, 3.63) is 45.2 Å². The number of rotatable bonds is 6. The van der Waals surface area contributed by atoms with E-state index < -0.39 is 0 Å². The molecule has 1 fully saturated rings. The van der Waals surface area contributed by atoms with Crippen molar-refractivity contribution in [1.29, 1.82) is 0 Å². The number of aromatic nitrogens is 2. The number of thioether (sulfide) groups is 1. The molecule has 0 unspecified atom stereocenters. The Bertz CT molecular complexity index is 875. The van der Waals surface area contributed by atoms with E-state index in [9.17, 15) is 4.79 Å². The van der Waals surface area contributed by atoms with Gasteiger partial charge in [-0.1, -0.05) is 23.2 Å². The van der Waals surface area contributed by atoms with Crippen molar-refractivity contribution in [2.45, 2.75) is 32.2 Å². The smallest absolute Gasteiger partial charge is 0.224 e. The maximum Gasteiger partial charge on any atom is 0.224 e. The van der Waals surface area contributed by atoms with Crippen LogP contribution < -0.4 is 5.32 Å². The topological polar surface area (TPSA) is 50.2 Å². The van der Waals surface area contributed by atoms with Gasteiger partial charge in [0.25, 0.3) is 0 Å². The average Bonchev–Trinajstić information content (AvgIpc) is 3.22. The highest BCUT2D eigenvalue weighted by Crippen LogP contribution is 2.31. The molecule has 1 aromatic carbocycles. The number of likely N-dealkylation sites (N-methyl/N-ethyl adjacent to an activating group) is 1. The maximum atomic E-state index is 12.7. The molecule has 8 heteroatoms. The standard InChI is InChI=1S/C20H26Cl2N4OS/c1-13-16(10-19(27)23-11-20(25(3)4)7-8-28-12-20)14(2)26(24-13)18-6-5-15(21)9-17(18)22/h5-6,9H,7-8,10-12H2,1-4H3,(H,23,27)/t20-/m1/s1. The second kappa shape index (κ2) is 8.66. The molecule has 1 N–H and O–H groups in total. The molecule has 28 heavy (non-hydrogen) atoms. The Balaban J connectivity index is 1.74.